The number of rotatable bonds is 7. The zero-order valence-electron chi connectivity index (χ0n) is 14.9. The molecule has 2 aromatic rings. The van der Waals surface area contributed by atoms with Crippen LogP contribution in [0.5, 0.6) is 0 Å². The lowest BCUT2D eigenvalue weighted by atomic mass is 9.86. The summed E-state index contributed by atoms with van der Waals surface area (Å²) in [4.78, 5) is 19.1. The molecule has 3 rings (SSSR count). The van der Waals surface area contributed by atoms with Crippen molar-refractivity contribution < 1.29 is 4.92 Å². The van der Waals surface area contributed by atoms with E-state index in [1.165, 1.54) is 6.20 Å². The van der Waals surface area contributed by atoms with Gasteiger partial charge in [0, 0.05) is 24.2 Å². The first kappa shape index (κ1) is 19.3. The molecule has 1 saturated carbocycles. The van der Waals surface area contributed by atoms with Crippen molar-refractivity contribution in [3.63, 3.8) is 0 Å². The number of aromatic nitrogens is 2. The maximum Gasteiger partial charge on any atom is 0.329 e. The van der Waals surface area contributed by atoms with Crippen molar-refractivity contribution in [3.8, 4) is 0 Å². The molecule has 1 aromatic carbocycles. The van der Waals surface area contributed by atoms with Crippen LogP contribution in [0.15, 0.2) is 30.5 Å². The van der Waals surface area contributed by atoms with Crippen LogP contribution in [0, 0.1) is 16.0 Å². The molecule has 1 aliphatic rings. The van der Waals surface area contributed by atoms with Crippen molar-refractivity contribution in [2.45, 2.75) is 38.3 Å². The number of anilines is 2. The molecule has 144 valence electrons. The molecule has 27 heavy (non-hydrogen) atoms. The average molecular weight is 391 g/mol. The van der Waals surface area contributed by atoms with Crippen LogP contribution in [0.3, 0.4) is 0 Å². The summed E-state index contributed by atoms with van der Waals surface area (Å²) in [5, 5.41) is 18.1. The summed E-state index contributed by atoms with van der Waals surface area (Å²) in [7, 11) is 0. The molecule has 0 amide bonds. The average Bonchev–Trinajstić information content (AvgIpc) is 2.67. The third-order valence-corrected chi connectivity index (χ3v) is 5.18. The van der Waals surface area contributed by atoms with Crippen molar-refractivity contribution in [2.75, 3.05) is 17.2 Å². The molecule has 4 N–H and O–H groups in total. The first-order valence-corrected chi connectivity index (χ1v) is 9.39. The Labute approximate surface area is 162 Å². The second-order valence-corrected chi connectivity index (χ2v) is 7.20. The number of nitrogens with one attached hydrogen (secondary N) is 2. The summed E-state index contributed by atoms with van der Waals surface area (Å²) in [5.74, 6) is 0.985. The van der Waals surface area contributed by atoms with Gasteiger partial charge in [-0.15, -0.1) is 0 Å². The second kappa shape index (κ2) is 8.96. The van der Waals surface area contributed by atoms with Crippen LogP contribution in [-0.2, 0) is 6.54 Å². The van der Waals surface area contributed by atoms with Crippen molar-refractivity contribution >= 4 is 29.1 Å². The molecule has 0 atom stereocenters. The predicted octanol–water partition coefficient (Wildman–Crippen LogP) is 3.58. The zero-order valence-corrected chi connectivity index (χ0v) is 15.7. The Morgan fingerprint density at radius 1 is 1.22 bits per heavy atom. The van der Waals surface area contributed by atoms with Gasteiger partial charge < -0.3 is 16.4 Å². The molecule has 0 unspecified atom stereocenters. The quantitative estimate of drug-likeness (QED) is 0.488. The molecule has 1 heterocycles. The van der Waals surface area contributed by atoms with Gasteiger partial charge in [0.05, 0.1) is 4.92 Å². The molecule has 1 aliphatic carbocycles. The number of hydrogen-bond acceptors (Lipinski definition) is 7. The number of hydrogen-bond donors (Lipinski definition) is 3. The number of nitrogens with zero attached hydrogens (tertiary/aromatic N) is 3. The maximum absolute atomic E-state index is 11.3. The van der Waals surface area contributed by atoms with Gasteiger partial charge in [0.15, 0.2) is 0 Å². The summed E-state index contributed by atoms with van der Waals surface area (Å²) >= 11 is 6.14. The lowest BCUT2D eigenvalue weighted by Crippen LogP contribution is -2.29. The Morgan fingerprint density at radius 3 is 2.67 bits per heavy atom. The lowest BCUT2D eigenvalue weighted by molar-refractivity contribution is -0.384. The van der Waals surface area contributed by atoms with Crippen LogP contribution < -0.4 is 16.4 Å². The Bertz CT molecular complexity index is 795. The zero-order chi connectivity index (χ0) is 19.2. The highest BCUT2D eigenvalue weighted by Crippen LogP contribution is 2.26. The van der Waals surface area contributed by atoms with Crippen molar-refractivity contribution in [1.82, 2.24) is 9.97 Å². The third kappa shape index (κ3) is 5.27. The molecule has 0 radical (unpaired) electrons. The Hall–Kier alpha value is -2.45. The van der Waals surface area contributed by atoms with E-state index in [0.717, 1.165) is 31.2 Å². The Kier molecular flexibility index (Phi) is 6.41. The molecule has 0 aliphatic heterocycles. The van der Waals surface area contributed by atoms with E-state index in [0.29, 0.717) is 30.0 Å². The van der Waals surface area contributed by atoms with E-state index < -0.39 is 4.92 Å². The highest BCUT2D eigenvalue weighted by atomic mass is 35.5. The smallest absolute Gasteiger partial charge is 0.329 e. The lowest BCUT2D eigenvalue weighted by Gasteiger charge is -2.26. The van der Waals surface area contributed by atoms with Crippen LogP contribution >= 0.6 is 11.6 Å². The monoisotopic (exact) mass is 390 g/mol. The number of halogens is 1. The maximum atomic E-state index is 11.3. The fourth-order valence-corrected chi connectivity index (χ4v) is 3.38. The van der Waals surface area contributed by atoms with Crippen LogP contribution in [-0.4, -0.2) is 27.5 Å². The van der Waals surface area contributed by atoms with E-state index >= 15 is 0 Å². The molecule has 8 nitrogen and oxygen atoms in total. The summed E-state index contributed by atoms with van der Waals surface area (Å²) < 4.78 is 0. The van der Waals surface area contributed by atoms with E-state index in [-0.39, 0.29) is 17.5 Å². The number of nitrogens with two attached hydrogens (primary N) is 1. The van der Waals surface area contributed by atoms with Gasteiger partial charge in [-0.3, -0.25) is 10.1 Å². The van der Waals surface area contributed by atoms with E-state index in [2.05, 4.69) is 20.6 Å². The molecular weight excluding hydrogens is 368 g/mol. The van der Waals surface area contributed by atoms with E-state index in [1.807, 2.05) is 18.2 Å². The minimum atomic E-state index is -0.475. The second-order valence-electron chi connectivity index (χ2n) is 6.79. The van der Waals surface area contributed by atoms with Gasteiger partial charge >= 0.3 is 5.69 Å². The van der Waals surface area contributed by atoms with Gasteiger partial charge in [-0.05, 0) is 43.2 Å². The number of benzene rings is 1. The number of nitro groups is 1. The normalized spacial score (nSPS) is 19.5. The van der Waals surface area contributed by atoms with Crippen LogP contribution in [0.1, 0.15) is 31.2 Å². The van der Waals surface area contributed by atoms with E-state index in [9.17, 15) is 10.1 Å². The van der Waals surface area contributed by atoms with E-state index in [4.69, 9.17) is 17.3 Å². The summed E-state index contributed by atoms with van der Waals surface area (Å²) in [5.41, 5.74) is 6.70. The predicted molar refractivity (Wildman–Crippen MR) is 106 cm³/mol. The first-order chi connectivity index (χ1) is 13.0. The highest BCUT2D eigenvalue weighted by molar-refractivity contribution is 6.31. The van der Waals surface area contributed by atoms with Crippen LogP contribution in [0.25, 0.3) is 0 Å². The standard InChI is InChI=1S/C18H23ClN6O2/c19-15-4-2-1-3-13(15)10-22-18-23-11-16(25(26)27)17(24-18)21-9-12-5-7-14(20)8-6-12/h1-4,11-12,14H,5-10,20H2,(H2,21,22,23,24). The molecule has 0 bridgehead atoms. The summed E-state index contributed by atoms with van der Waals surface area (Å²) in [6, 6.07) is 7.72. The molecule has 9 heteroatoms. The topological polar surface area (TPSA) is 119 Å². The van der Waals surface area contributed by atoms with Gasteiger partial charge in [0.2, 0.25) is 11.8 Å². The highest BCUT2D eigenvalue weighted by Gasteiger charge is 2.21. The van der Waals surface area contributed by atoms with Crippen LogP contribution in [0.2, 0.25) is 5.02 Å². The fourth-order valence-electron chi connectivity index (χ4n) is 3.17. The molecule has 1 aromatic heterocycles. The van der Waals surface area contributed by atoms with Crippen molar-refractivity contribution in [2.24, 2.45) is 11.7 Å². The van der Waals surface area contributed by atoms with Gasteiger partial charge in [0.1, 0.15) is 6.20 Å². The van der Waals surface area contributed by atoms with E-state index in [1.54, 1.807) is 6.07 Å². The molecule has 0 saturated heterocycles. The van der Waals surface area contributed by atoms with Crippen LogP contribution in [0.4, 0.5) is 17.5 Å². The Balaban J connectivity index is 1.67. The Morgan fingerprint density at radius 2 is 1.96 bits per heavy atom. The van der Waals surface area contributed by atoms with Crippen molar-refractivity contribution in [1.29, 1.82) is 0 Å². The SMILES string of the molecule is NC1CCC(CNc2nc(NCc3ccccc3Cl)ncc2[N+](=O)[O-])CC1. The summed E-state index contributed by atoms with van der Waals surface area (Å²) in [6.07, 6.45) is 5.24. The molecular formula is C18H23ClN6O2. The van der Waals surface area contributed by atoms with Gasteiger partial charge in [0.25, 0.3) is 0 Å². The minimum Gasteiger partial charge on any atom is -0.364 e. The van der Waals surface area contributed by atoms with Gasteiger partial charge in [-0.2, -0.15) is 4.98 Å². The van der Waals surface area contributed by atoms with Gasteiger partial charge in [-0.25, -0.2) is 4.98 Å². The third-order valence-electron chi connectivity index (χ3n) is 4.81. The van der Waals surface area contributed by atoms with Crippen molar-refractivity contribution in [3.05, 3.63) is 51.2 Å². The molecule has 1 fully saturated rings. The summed E-state index contributed by atoms with van der Waals surface area (Å²) in [6.45, 7) is 1.06. The first-order valence-electron chi connectivity index (χ1n) is 9.01. The van der Waals surface area contributed by atoms with Gasteiger partial charge in [-0.1, -0.05) is 29.8 Å². The fraction of sp³-hybridized carbons (Fsp3) is 0.444. The largest absolute Gasteiger partial charge is 0.364 e. The molecule has 0 spiro atoms. The minimum absolute atomic E-state index is 0.134.